The summed E-state index contributed by atoms with van der Waals surface area (Å²) in [6.45, 7) is 0. The molecule has 58 heavy (non-hydrogen) atoms. The van der Waals surface area contributed by atoms with Gasteiger partial charge in [-0.25, -0.2) is 9.97 Å². The van der Waals surface area contributed by atoms with Crippen LogP contribution >= 0.6 is 11.3 Å². The van der Waals surface area contributed by atoms with Gasteiger partial charge < -0.3 is 0 Å². The van der Waals surface area contributed by atoms with Crippen molar-refractivity contribution in [2.45, 2.75) is 12.8 Å². The summed E-state index contributed by atoms with van der Waals surface area (Å²) in [5.41, 5.74) is 9.74. The summed E-state index contributed by atoms with van der Waals surface area (Å²) in [7, 11) is 0. The molecule has 0 spiro atoms. The molecule has 0 bridgehead atoms. The first-order chi connectivity index (χ1) is 28.7. The number of aromatic nitrogens is 5. The molecule has 11 aromatic rings. The van der Waals surface area contributed by atoms with Crippen LogP contribution in [0.15, 0.2) is 176 Å². The summed E-state index contributed by atoms with van der Waals surface area (Å²) in [5.74, 6) is 1.93. The minimum atomic E-state index is 0.609. The molecule has 0 radical (unpaired) electrons. The maximum Gasteiger partial charge on any atom is 0.238 e. The van der Waals surface area contributed by atoms with E-state index in [2.05, 4.69) is 162 Å². The second-order valence-corrected chi connectivity index (χ2v) is 16.0. The van der Waals surface area contributed by atoms with E-state index < -0.39 is 0 Å². The molecule has 6 heteroatoms. The fourth-order valence-corrected chi connectivity index (χ4v) is 9.95. The Hall–Kier alpha value is -7.28. The van der Waals surface area contributed by atoms with E-state index in [4.69, 9.17) is 19.9 Å². The van der Waals surface area contributed by atoms with Crippen LogP contribution in [0.1, 0.15) is 24.2 Å². The maximum absolute atomic E-state index is 5.26. The van der Waals surface area contributed by atoms with Crippen molar-refractivity contribution in [2.24, 2.45) is 0 Å². The van der Waals surface area contributed by atoms with Crippen LogP contribution in [0.3, 0.4) is 0 Å². The number of allylic oxidation sites excluding steroid dienone is 4. The summed E-state index contributed by atoms with van der Waals surface area (Å²) in [6.07, 6.45) is 6.39. The lowest BCUT2D eigenvalue weighted by Crippen LogP contribution is -2.08. The largest absolute Gasteiger partial charge is 0.278 e. The van der Waals surface area contributed by atoms with E-state index in [1.807, 2.05) is 29.5 Å². The highest BCUT2D eigenvalue weighted by atomic mass is 32.1. The van der Waals surface area contributed by atoms with E-state index >= 15 is 0 Å². The van der Waals surface area contributed by atoms with Gasteiger partial charge in [0.2, 0.25) is 5.95 Å². The molecule has 0 atom stereocenters. The molecule has 0 saturated carbocycles. The number of hydrogen-bond acceptors (Lipinski definition) is 5. The van der Waals surface area contributed by atoms with Gasteiger partial charge >= 0.3 is 0 Å². The minimum absolute atomic E-state index is 0.609. The third-order valence-electron chi connectivity index (χ3n) is 11.5. The third kappa shape index (κ3) is 5.22. The standard InChI is InChI=1S/C52H33N5S/c1-3-14-32(15-4-1)49-40-27-29-46-48(47(40)39-22-7-10-23-42(39)53-49)41-31-35(26-28-45(41)58-46)34-18-13-19-36(30-34)51-54-50(33-16-5-2-6-17-33)55-52(56-51)57-43-24-11-8-20-37(43)38-21-9-12-25-44(38)57/h1-12,14-17,19-31H,13,18H2. The number of thiophene rings is 1. The van der Waals surface area contributed by atoms with Crippen molar-refractivity contribution in [3.8, 4) is 28.6 Å². The van der Waals surface area contributed by atoms with Gasteiger partial charge in [-0.3, -0.25) is 4.57 Å². The van der Waals surface area contributed by atoms with Crippen molar-refractivity contribution < 1.29 is 0 Å². The Labute approximate surface area is 337 Å². The van der Waals surface area contributed by atoms with Crippen LogP contribution in [-0.4, -0.2) is 24.5 Å². The van der Waals surface area contributed by atoms with Crippen LogP contribution in [0.2, 0.25) is 0 Å². The summed E-state index contributed by atoms with van der Waals surface area (Å²) in [4.78, 5) is 20.8. The van der Waals surface area contributed by atoms with E-state index in [0.29, 0.717) is 17.6 Å². The Balaban J connectivity index is 1.04. The zero-order chi connectivity index (χ0) is 38.2. The first kappa shape index (κ1) is 32.9. The molecule has 0 saturated heterocycles. The third-order valence-corrected chi connectivity index (χ3v) is 12.7. The van der Waals surface area contributed by atoms with Gasteiger partial charge in [0.15, 0.2) is 11.6 Å². The molecule has 0 unspecified atom stereocenters. The van der Waals surface area contributed by atoms with Crippen molar-refractivity contribution >= 4 is 86.1 Å². The average molecular weight is 760 g/mol. The average Bonchev–Trinajstić information content (AvgIpc) is 3.85. The lowest BCUT2D eigenvalue weighted by atomic mass is 9.91. The van der Waals surface area contributed by atoms with Gasteiger partial charge in [-0.05, 0) is 66.5 Å². The minimum Gasteiger partial charge on any atom is -0.278 e. The molecule has 1 aliphatic rings. The van der Waals surface area contributed by atoms with Gasteiger partial charge in [-0.15, -0.1) is 11.3 Å². The molecule has 272 valence electrons. The lowest BCUT2D eigenvalue weighted by Gasteiger charge is -2.16. The molecule has 7 aromatic carbocycles. The number of fused-ring (bicyclic) bond motifs is 10. The molecule has 4 heterocycles. The van der Waals surface area contributed by atoms with Crippen LogP contribution < -0.4 is 0 Å². The van der Waals surface area contributed by atoms with Crippen LogP contribution in [0.4, 0.5) is 0 Å². The lowest BCUT2D eigenvalue weighted by molar-refractivity contribution is 0.928. The van der Waals surface area contributed by atoms with Crippen LogP contribution in [0, 0.1) is 0 Å². The first-order valence-electron chi connectivity index (χ1n) is 19.7. The second-order valence-electron chi connectivity index (χ2n) is 14.9. The Morgan fingerprint density at radius 2 is 1.12 bits per heavy atom. The van der Waals surface area contributed by atoms with Crippen LogP contribution in [0.5, 0.6) is 0 Å². The number of nitrogens with zero attached hydrogens (tertiary/aromatic N) is 5. The number of rotatable bonds is 5. The Kier molecular flexibility index (Phi) is 7.46. The van der Waals surface area contributed by atoms with Gasteiger partial charge in [0.25, 0.3) is 0 Å². The summed E-state index contributed by atoms with van der Waals surface area (Å²) in [5, 5.41) is 8.53. The van der Waals surface area contributed by atoms with Crippen LogP contribution in [0.25, 0.3) is 103 Å². The maximum atomic E-state index is 5.26. The van der Waals surface area contributed by atoms with Gasteiger partial charge in [0.05, 0.1) is 22.2 Å². The van der Waals surface area contributed by atoms with E-state index in [1.54, 1.807) is 0 Å². The highest BCUT2D eigenvalue weighted by Gasteiger charge is 2.21. The van der Waals surface area contributed by atoms with Crippen molar-refractivity contribution in [1.82, 2.24) is 24.5 Å². The molecule has 0 fully saturated rings. The monoisotopic (exact) mass is 759 g/mol. The molecular formula is C52H33N5S. The molecule has 4 aromatic heterocycles. The van der Waals surface area contributed by atoms with Crippen molar-refractivity contribution in [3.63, 3.8) is 0 Å². The molecule has 1 aliphatic carbocycles. The van der Waals surface area contributed by atoms with Crippen molar-refractivity contribution in [1.29, 1.82) is 0 Å². The molecule has 0 N–H and O–H groups in total. The highest BCUT2D eigenvalue weighted by Crippen LogP contribution is 2.45. The molecule has 12 rings (SSSR count). The zero-order valence-electron chi connectivity index (χ0n) is 31.3. The number of para-hydroxylation sites is 3. The molecule has 5 nitrogen and oxygen atoms in total. The molecule has 0 aliphatic heterocycles. The predicted molar refractivity (Wildman–Crippen MR) is 242 cm³/mol. The Bertz CT molecular complexity index is 3450. The van der Waals surface area contributed by atoms with Gasteiger partial charge in [-0.1, -0.05) is 133 Å². The Morgan fingerprint density at radius 3 is 1.90 bits per heavy atom. The summed E-state index contributed by atoms with van der Waals surface area (Å²) >= 11 is 1.86. The highest BCUT2D eigenvalue weighted by molar-refractivity contribution is 7.26. The quantitative estimate of drug-likeness (QED) is 0.164. The van der Waals surface area contributed by atoms with Gasteiger partial charge in [0, 0.05) is 63.8 Å². The SMILES string of the molecule is C1=C(c2ccc3sc4ccc5c(-c6ccccc6)nc6ccccc6c5c4c3c2)CCC=C1c1nc(-c2ccccc2)nc(-n2c3ccccc3c3ccccc32)n1. The zero-order valence-corrected chi connectivity index (χ0v) is 32.1. The molecule has 0 amide bonds. The number of benzene rings is 7. The predicted octanol–water partition coefficient (Wildman–Crippen LogP) is 13.6. The smallest absolute Gasteiger partial charge is 0.238 e. The van der Waals surface area contributed by atoms with E-state index in [9.17, 15) is 0 Å². The fraction of sp³-hybridized carbons (Fsp3) is 0.0385. The van der Waals surface area contributed by atoms with Crippen molar-refractivity contribution in [2.75, 3.05) is 0 Å². The van der Waals surface area contributed by atoms with E-state index in [1.165, 1.54) is 58.2 Å². The first-order valence-corrected chi connectivity index (χ1v) is 20.5. The van der Waals surface area contributed by atoms with Gasteiger partial charge in [-0.2, -0.15) is 9.97 Å². The fourth-order valence-electron chi connectivity index (χ4n) is 8.86. The van der Waals surface area contributed by atoms with E-state index in [-0.39, 0.29) is 0 Å². The van der Waals surface area contributed by atoms with Crippen molar-refractivity contribution in [3.05, 3.63) is 187 Å². The van der Waals surface area contributed by atoms with Gasteiger partial charge in [0.1, 0.15) is 0 Å². The number of hydrogen-bond donors (Lipinski definition) is 0. The molecular weight excluding hydrogens is 727 g/mol. The summed E-state index contributed by atoms with van der Waals surface area (Å²) in [6, 6.07) is 57.9. The topological polar surface area (TPSA) is 56.5 Å². The van der Waals surface area contributed by atoms with E-state index in [0.717, 1.165) is 51.8 Å². The second kappa shape index (κ2) is 13.2. The van der Waals surface area contributed by atoms with Crippen LogP contribution in [-0.2, 0) is 0 Å². The number of pyridine rings is 1. The summed E-state index contributed by atoms with van der Waals surface area (Å²) < 4.78 is 4.74. The normalized spacial score (nSPS) is 13.2. The Morgan fingerprint density at radius 1 is 0.466 bits per heavy atom.